The summed E-state index contributed by atoms with van der Waals surface area (Å²) < 4.78 is 44.8. The number of nitrogens with zero attached hydrogens (tertiary/aromatic N) is 2. The molecule has 0 spiro atoms. The Balaban J connectivity index is 1.59. The number of piperidine rings is 1. The lowest BCUT2D eigenvalue weighted by atomic mass is 9.78. The third-order valence-corrected chi connectivity index (χ3v) is 5.48. The van der Waals surface area contributed by atoms with E-state index < -0.39 is 17.3 Å². The third-order valence-electron chi connectivity index (χ3n) is 5.48. The van der Waals surface area contributed by atoms with Crippen molar-refractivity contribution < 1.29 is 23.0 Å². The van der Waals surface area contributed by atoms with Gasteiger partial charge in [0.25, 0.3) is 0 Å². The number of pyridine rings is 1. The molecule has 1 aromatic heterocycles. The van der Waals surface area contributed by atoms with Crippen molar-refractivity contribution in [2.24, 2.45) is 0 Å². The number of hydrogen-bond acceptors (Lipinski definition) is 4. The number of morpholine rings is 1. The predicted octanol–water partition coefficient (Wildman–Crippen LogP) is 3.35. The van der Waals surface area contributed by atoms with Gasteiger partial charge in [0.2, 0.25) is 0 Å². The van der Waals surface area contributed by atoms with Crippen LogP contribution >= 0.6 is 0 Å². The summed E-state index contributed by atoms with van der Waals surface area (Å²) in [5.74, 6) is 0. The van der Waals surface area contributed by atoms with Crippen molar-refractivity contribution in [2.45, 2.75) is 43.2 Å². The van der Waals surface area contributed by atoms with Gasteiger partial charge in [-0.1, -0.05) is 30.3 Å². The molecule has 1 aromatic carbocycles. The van der Waals surface area contributed by atoms with E-state index in [-0.39, 0.29) is 17.8 Å². The van der Waals surface area contributed by atoms with Crippen LogP contribution in [0.4, 0.5) is 13.2 Å². The van der Waals surface area contributed by atoms with E-state index in [4.69, 9.17) is 4.74 Å². The highest BCUT2D eigenvalue weighted by Crippen LogP contribution is 2.42. The summed E-state index contributed by atoms with van der Waals surface area (Å²) in [4.78, 5) is 6.37. The van der Waals surface area contributed by atoms with Gasteiger partial charge >= 0.3 is 6.18 Å². The van der Waals surface area contributed by atoms with E-state index in [1.165, 1.54) is 0 Å². The maximum Gasteiger partial charge on any atom is 0.416 e. The second kappa shape index (κ2) is 6.89. The fourth-order valence-corrected chi connectivity index (χ4v) is 4.17. The van der Waals surface area contributed by atoms with Gasteiger partial charge in [-0.3, -0.25) is 9.88 Å². The van der Waals surface area contributed by atoms with E-state index in [2.05, 4.69) is 9.88 Å². The molecule has 2 atom stereocenters. The Morgan fingerprint density at radius 3 is 2.41 bits per heavy atom. The lowest BCUT2D eigenvalue weighted by Gasteiger charge is -2.51. The summed E-state index contributed by atoms with van der Waals surface area (Å²) in [6, 6.07) is 11.8. The highest BCUT2D eigenvalue weighted by atomic mass is 19.4. The molecule has 27 heavy (non-hydrogen) atoms. The number of ether oxygens (including phenoxy) is 1. The Bertz CT molecular complexity index is 783. The molecule has 2 bridgehead atoms. The fourth-order valence-electron chi connectivity index (χ4n) is 4.17. The molecule has 2 aliphatic rings. The number of aliphatic hydroxyl groups is 1. The molecule has 0 aliphatic carbocycles. The highest BCUT2D eigenvalue weighted by molar-refractivity contribution is 5.25. The fraction of sp³-hybridized carbons (Fsp3) is 0.450. The summed E-state index contributed by atoms with van der Waals surface area (Å²) in [6.07, 6.45) is -2.74. The molecular weight excluding hydrogens is 357 g/mol. The first-order valence-electron chi connectivity index (χ1n) is 8.99. The molecule has 2 fully saturated rings. The number of alkyl halides is 3. The number of hydrogen-bond donors (Lipinski definition) is 1. The van der Waals surface area contributed by atoms with Gasteiger partial charge in [-0.25, -0.2) is 0 Å². The molecule has 4 nitrogen and oxygen atoms in total. The maximum absolute atomic E-state index is 13.1. The summed E-state index contributed by atoms with van der Waals surface area (Å²) >= 11 is 0. The molecule has 144 valence electrons. The molecule has 0 amide bonds. The molecule has 3 heterocycles. The van der Waals surface area contributed by atoms with E-state index in [1.54, 1.807) is 0 Å². The standard InChI is InChI=1S/C20H21F3N2O2/c21-20(22,23)15-6-7-24-18(8-15)19(26)9-16-12-27-13-17(10-19)25(16)11-14-4-2-1-3-5-14/h1-8,16-17,26H,9-13H2. The average molecular weight is 378 g/mol. The zero-order chi connectivity index (χ0) is 19.1. The van der Waals surface area contributed by atoms with Crippen LogP contribution in [-0.2, 0) is 23.1 Å². The van der Waals surface area contributed by atoms with E-state index in [1.807, 2.05) is 30.3 Å². The Hall–Kier alpha value is -1.96. The van der Waals surface area contributed by atoms with Crippen molar-refractivity contribution >= 4 is 0 Å². The minimum atomic E-state index is -4.46. The molecule has 2 aromatic rings. The first-order valence-corrected chi connectivity index (χ1v) is 8.99. The molecule has 2 unspecified atom stereocenters. The number of halogens is 3. The van der Waals surface area contributed by atoms with E-state index >= 15 is 0 Å². The molecular formula is C20H21F3N2O2. The maximum atomic E-state index is 13.1. The summed E-state index contributed by atoms with van der Waals surface area (Å²) in [5, 5.41) is 11.2. The van der Waals surface area contributed by atoms with Gasteiger partial charge in [0, 0.05) is 24.8 Å². The van der Waals surface area contributed by atoms with Crippen LogP contribution in [0.2, 0.25) is 0 Å². The van der Waals surface area contributed by atoms with Gasteiger partial charge in [0.05, 0.1) is 24.5 Å². The zero-order valence-corrected chi connectivity index (χ0v) is 14.7. The van der Waals surface area contributed by atoms with Crippen LogP contribution in [0.1, 0.15) is 29.7 Å². The van der Waals surface area contributed by atoms with Crippen molar-refractivity contribution in [3.05, 3.63) is 65.5 Å². The van der Waals surface area contributed by atoms with Gasteiger partial charge in [-0.2, -0.15) is 13.2 Å². The molecule has 1 N–H and O–H groups in total. The van der Waals surface area contributed by atoms with Crippen molar-refractivity contribution in [2.75, 3.05) is 13.2 Å². The van der Waals surface area contributed by atoms with Crippen molar-refractivity contribution in [3.63, 3.8) is 0 Å². The van der Waals surface area contributed by atoms with Crippen LogP contribution in [0.25, 0.3) is 0 Å². The van der Waals surface area contributed by atoms with Crippen molar-refractivity contribution in [1.29, 1.82) is 0 Å². The number of aromatic nitrogens is 1. The number of fused-ring (bicyclic) bond motifs is 2. The Kier molecular flexibility index (Phi) is 4.70. The van der Waals surface area contributed by atoms with Crippen LogP contribution in [0.5, 0.6) is 0 Å². The lowest BCUT2D eigenvalue weighted by molar-refractivity contribution is -0.152. The van der Waals surface area contributed by atoms with E-state index in [0.29, 0.717) is 26.1 Å². The van der Waals surface area contributed by atoms with E-state index in [0.717, 1.165) is 30.4 Å². The average Bonchev–Trinajstić information content (AvgIpc) is 2.63. The zero-order valence-electron chi connectivity index (χ0n) is 14.7. The van der Waals surface area contributed by atoms with E-state index in [9.17, 15) is 18.3 Å². The lowest BCUT2D eigenvalue weighted by Crippen LogP contribution is -2.60. The molecule has 0 saturated carbocycles. The third kappa shape index (κ3) is 3.72. The number of rotatable bonds is 3. The normalized spacial score (nSPS) is 28.9. The van der Waals surface area contributed by atoms with Gasteiger partial charge in [0.1, 0.15) is 5.60 Å². The second-order valence-corrected chi connectivity index (χ2v) is 7.37. The smallest absolute Gasteiger partial charge is 0.383 e. The van der Waals surface area contributed by atoms with Gasteiger partial charge in [-0.15, -0.1) is 0 Å². The second-order valence-electron chi connectivity index (χ2n) is 7.37. The Morgan fingerprint density at radius 1 is 1.11 bits per heavy atom. The summed E-state index contributed by atoms with van der Waals surface area (Å²) in [6.45, 7) is 1.63. The first-order chi connectivity index (χ1) is 12.9. The van der Waals surface area contributed by atoms with Crippen LogP contribution in [0.15, 0.2) is 48.7 Å². The minimum absolute atomic E-state index is 0.0703. The SMILES string of the molecule is OC1(c2cc(C(F)(F)F)ccn2)CC2COCC(C1)N2Cc1ccccc1. The molecule has 0 radical (unpaired) electrons. The molecule has 7 heteroatoms. The Morgan fingerprint density at radius 2 is 1.78 bits per heavy atom. The summed E-state index contributed by atoms with van der Waals surface area (Å²) in [7, 11) is 0. The monoisotopic (exact) mass is 378 g/mol. The highest BCUT2D eigenvalue weighted by Gasteiger charge is 2.48. The van der Waals surface area contributed by atoms with Crippen LogP contribution in [0, 0.1) is 0 Å². The van der Waals surface area contributed by atoms with Crippen LogP contribution in [-0.4, -0.2) is 40.3 Å². The minimum Gasteiger partial charge on any atom is -0.383 e. The molecule has 2 saturated heterocycles. The van der Waals surface area contributed by atoms with Crippen LogP contribution in [0.3, 0.4) is 0 Å². The quantitative estimate of drug-likeness (QED) is 0.890. The molecule has 4 rings (SSSR count). The van der Waals surface area contributed by atoms with Gasteiger partial charge < -0.3 is 9.84 Å². The largest absolute Gasteiger partial charge is 0.416 e. The molecule has 2 aliphatic heterocycles. The Labute approximate surface area is 155 Å². The topological polar surface area (TPSA) is 45.6 Å². The number of benzene rings is 1. The van der Waals surface area contributed by atoms with Gasteiger partial charge in [0.15, 0.2) is 0 Å². The summed E-state index contributed by atoms with van der Waals surface area (Å²) in [5.41, 5.74) is -0.909. The predicted molar refractivity (Wildman–Crippen MR) is 92.7 cm³/mol. The van der Waals surface area contributed by atoms with Crippen LogP contribution < -0.4 is 0 Å². The van der Waals surface area contributed by atoms with Crippen molar-refractivity contribution in [3.8, 4) is 0 Å². The first kappa shape index (κ1) is 18.4. The van der Waals surface area contributed by atoms with Gasteiger partial charge in [-0.05, 0) is 30.5 Å². The van der Waals surface area contributed by atoms with Crippen molar-refractivity contribution in [1.82, 2.24) is 9.88 Å².